The van der Waals surface area contributed by atoms with Gasteiger partial charge in [-0.05, 0) is 50.6 Å². The van der Waals surface area contributed by atoms with Crippen LogP contribution < -0.4 is 20.1 Å². The Hall–Kier alpha value is -3.81. The summed E-state index contributed by atoms with van der Waals surface area (Å²) in [5.41, 5.74) is 4.00. The van der Waals surface area contributed by atoms with E-state index in [9.17, 15) is 9.59 Å². The van der Waals surface area contributed by atoms with Gasteiger partial charge in [-0.15, -0.1) is 0 Å². The van der Waals surface area contributed by atoms with Crippen molar-refractivity contribution in [3.63, 3.8) is 0 Å². The highest BCUT2D eigenvalue weighted by Crippen LogP contribution is 2.41. The molecule has 3 aromatic rings. The molecule has 2 N–H and O–H groups in total. The van der Waals surface area contributed by atoms with E-state index in [2.05, 4.69) is 15.7 Å². The van der Waals surface area contributed by atoms with E-state index in [1.807, 2.05) is 51.1 Å². The third-order valence-electron chi connectivity index (χ3n) is 5.88. The van der Waals surface area contributed by atoms with Gasteiger partial charge in [0.05, 0.1) is 19.4 Å². The quantitative estimate of drug-likeness (QED) is 0.603. The molecule has 0 unspecified atom stereocenters. The number of carbonyl (C=O) groups excluding carboxylic acids is 2. The molecule has 0 bridgehead atoms. The summed E-state index contributed by atoms with van der Waals surface area (Å²) in [6.07, 6.45) is 0. The van der Waals surface area contributed by atoms with Crippen molar-refractivity contribution in [2.75, 3.05) is 19.0 Å². The molecule has 172 valence electrons. The Balaban J connectivity index is 1.79. The summed E-state index contributed by atoms with van der Waals surface area (Å²) < 4.78 is 12.9. The van der Waals surface area contributed by atoms with Gasteiger partial charge in [0.2, 0.25) is 5.91 Å². The van der Waals surface area contributed by atoms with Crippen molar-refractivity contribution in [3.05, 3.63) is 70.4 Å². The summed E-state index contributed by atoms with van der Waals surface area (Å²) in [4.78, 5) is 26.3. The summed E-state index contributed by atoms with van der Waals surface area (Å²) in [6, 6.07) is 12.0. The standard InChI is InChI=1S/C25H28N4O4/c1-6-33-18-12-11-17(13-19(18)32-5)21-20-15(3)28-29(4)23(20)27-25(31)22(21)26-24(30)16-9-7-14(2)8-10-16/h7-13,21-22H,6H2,1-5H3,(H,26,30)(H,27,31)/t21-,22+/m0/s1. The number of nitrogens with one attached hydrogen (secondary N) is 2. The number of fused-ring (bicyclic) bond motifs is 1. The number of ether oxygens (including phenoxy) is 2. The number of nitrogens with zero attached hydrogens (tertiary/aromatic N) is 2. The van der Waals surface area contributed by atoms with Crippen LogP contribution in [0.5, 0.6) is 11.5 Å². The van der Waals surface area contributed by atoms with Crippen molar-refractivity contribution < 1.29 is 19.1 Å². The molecule has 0 spiro atoms. The molecule has 0 saturated carbocycles. The highest BCUT2D eigenvalue weighted by molar-refractivity contribution is 6.03. The maximum Gasteiger partial charge on any atom is 0.251 e. The molecule has 2 atom stereocenters. The van der Waals surface area contributed by atoms with Crippen LogP contribution in [0.1, 0.15) is 45.6 Å². The third kappa shape index (κ3) is 4.16. The molecule has 0 saturated heterocycles. The molecule has 2 aromatic carbocycles. The van der Waals surface area contributed by atoms with E-state index in [1.54, 1.807) is 31.0 Å². The van der Waals surface area contributed by atoms with Crippen LogP contribution in [0.2, 0.25) is 0 Å². The Morgan fingerprint density at radius 2 is 1.88 bits per heavy atom. The van der Waals surface area contributed by atoms with Crippen LogP contribution in [0.25, 0.3) is 0 Å². The molecule has 4 rings (SSSR count). The Kier molecular flexibility index (Phi) is 6.09. The van der Waals surface area contributed by atoms with Crippen LogP contribution in [0, 0.1) is 13.8 Å². The van der Waals surface area contributed by atoms with Gasteiger partial charge in [-0.1, -0.05) is 23.8 Å². The van der Waals surface area contributed by atoms with E-state index in [1.165, 1.54) is 0 Å². The summed E-state index contributed by atoms with van der Waals surface area (Å²) in [7, 11) is 3.36. The number of methoxy groups -OCH3 is 1. The first-order valence-corrected chi connectivity index (χ1v) is 10.9. The Morgan fingerprint density at radius 1 is 1.15 bits per heavy atom. The van der Waals surface area contributed by atoms with Gasteiger partial charge in [0.15, 0.2) is 11.5 Å². The van der Waals surface area contributed by atoms with E-state index in [-0.39, 0.29) is 11.8 Å². The summed E-state index contributed by atoms with van der Waals surface area (Å²) in [5, 5.41) is 10.4. The third-order valence-corrected chi connectivity index (χ3v) is 5.88. The molecule has 8 heteroatoms. The fraction of sp³-hybridized carbons (Fsp3) is 0.320. The maximum absolute atomic E-state index is 13.2. The van der Waals surface area contributed by atoms with Crippen LogP contribution in [0.15, 0.2) is 42.5 Å². The van der Waals surface area contributed by atoms with Crippen molar-refractivity contribution in [3.8, 4) is 11.5 Å². The Morgan fingerprint density at radius 3 is 2.55 bits per heavy atom. The predicted molar refractivity (Wildman–Crippen MR) is 125 cm³/mol. The van der Waals surface area contributed by atoms with Crippen LogP contribution >= 0.6 is 0 Å². The van der Waals surface area contributed by atoms with E-state index < -0.39 is 12.0 Å². The summed E-state index contributed by atoms with van der Waals surface area (Å²) in [6.45, 7) is 6.26. The number of aryl methyl sites for hydroxylation is 3. The van der Waals surface area contributed by atoms with Gasteiger partial charge in [-0.3, -0.25) is 14.3 Å². The topological polar surface area (TPSA) is 94.5 Å². The lowest BCUT2D eigenvalue weighted by atomic mass is 9.81. The van der Waals surface area contributed by atoms with Gasteiger partial charge in [-0.2, -0.15) is 5.10 Å². The molecule has 0 aliphatic carbocycles. The number of rotatable bonds is 6. The predicted octanol–water partition coefficient (Wildman–Crippen LogP) is 3.33. The van der Waals surface area contributed by atoms with Crippen LogP contribution in [0.3, 0.4) is 0 Å². The van der Waals surface area contributed by atoms with E-state index in [4.69, 9.17) is 9.47 Å². The zero-order valence-corrected chi connectivity index (χ0v) is 19.4. The monoisotopic (exact) mass is 448 g/mol. The second-order valence-electron chi connectivity index (χ2n) is 8.10. The van der Waals surface area contributed by atoms with Crippen LogP contribution in [-0.4, -0.2) is 41.4 Å². The lowest BCUT2D eigenvalue weighted by Gasteiger charge is -2.33. The molecule has 2 heterocycles. The molecule has 1 aromatic heterocycles. The van der Waals surface area contributed by atoms with Crippen molar-refractivity contribution in [1.82, 2.24) is 15.1 Å². The lowest BCUT2D eigenvalue weighted by Crippen LogP contribution is -2.50. The van der Waals surface area contributed by atoms with Crippen LogP contribution in [-0.2, 0) is 11.8 Å². The highest BCUT2D eigenvalue weighted by Gasteiger charge is 2.41. The minimum atomic E-state index is -0.836. The van der Waals surface area contributed by atoms with Crippen molar-refractivity contribution >= 4 is 17.6 Å². The molecule has 0 radical (unpaired) electrons. The summed E-state index contributed by atoms with van der Waals surface area (Å²) in [5.74, 6) is 0.726. The maximum atomic E-state index is 13.2. The number of hydrogen-bond acceptors (Lipinski definition) is 5. The first-order valence-electron chi connectivity index (χ1n) is 10.9. The van der Waals surface area contributed by atoms with Crippen molar-refractivity contribution in [1.29, 1.82) is 0 Å². The van der Waals surface area contributed by atoms with Gasteiger partial charge in [0, 0.05) is 24.1 Å². The fourth-order valence-corrected chi connectivity index (χ4v) is 4.30. The SMILES string of the molecule is CCOc1ccc([C@H]2c3c(C)nn(C)c3NC(=O)[C@@H]2NC(=O)c2ccc(C)cc2)cc1OC. The second-order valence-corrected chi connectivity index (χ2v) is 8.10. The number of aromatic nitrogens is 2. The zero-order chi connectivity index (χ0) is 23.7. The molecule has 1 aliphatic heterocycles. The van der Waals surface area contributed by atoms with Crippen LogP contribution in [0.4, 0.5) is 5.82 Å². The van der Waals surface area contributed by atoms with E-state index >= 15 is 0 Å². The molecule has 2 amide bonds. The minimum Gasteiger partial charge on any atom is -0.493 e. The number of amides is 2. The summed E-state index contributed by atoms with van der Waals surface area (Å²) >= 11 is 0. The second kappa shape index (κ2) is 8.97. The molecular weight excluding hydrogens is 420 g/mol. The number of benzene rings is 2. The van der Waals surface area contributed by atoms with Gasteiger partial charge >= 0.3 is 0 Å². The number of hydrogen-bond donors (Lipinski definition) is 2. The molecule has 1 aliphatic rings. The van der Waals surface area contributed by atoms with Gasteiger partial charge < -0.3 is 20.1 Å². The van der Waals surface area contributed by atoms with Gasteiger partial charge in [0.25, 0.3) is 5.91 Å². The fourth-order valence-electron chi connectivity index (χ4n) is 4.30. The average Bonchev–Trinajstić information content (AvgIpc) is 3.08. The Labute approximate surface area is 192 Å². The van der Waals surface area contributed by atoms with Crippen molar-refractivity contribution in [2.24, 2.45) is 7.05 Å². The Bertz CT molecular complexity index is 1200. The van der Waals surface area contributed by atoms with Gasteiger partial charge in [0.1, 0.15) is 11.9 Å². The zero-order valence-electron chi connectivity index (χ0n) is 19.4. The minimum absolute atomic E-state index is 0.302. The van der Waals surface area contributed by atoms with E-state index in [0.29, 0.717) is 29.5 Å². The van der Waals surface area contributed by atoms with E-state index in [0.717, 1.165) is 22.4 Å². The molecule has 8 nitrogen and oxygen atoms in total. The first-order chi connectivity index (χ1) is 15.8. The largest absolute Gasteiger partial charge is 0.493 e. The normalized spacial score (nSPS) is 17.2. The lowest BCUT2D eigenvalue weighted by molar-refractivity contribution is -0.118. The number of carbonyl (C=O) groups is 2. The molecule has 33 heavy (non-hydrogen) atoms. The molecule has 0 fully saturated rings. The number of anilines is 1. The first kappa shape index (κ1) is 22.4. The van der Waals surface area contributed by atoms with Crippen molar-refractivity contribution in [2.45, 2.75) is 32.7 Å². The average molecular weight is 449 g/mol. The highest BCUT2D eigenvalue weighted by atomic mass is 16.5. The molecular formula is C25H28N4O4. The van der Waals surface area contributed by atoms with Gasteiger partial charge in [-0.25, -0.2) is 0 Å². The smallest absolute Gasteiger partial charge is 0.251 e.